The zero-order valence-electron chi connectivity index (χ0n) is 13.6. The van der Waals surface area contributed by atoms with E-state index in [4.69, 9.17) is 14.2 Å². The fourth-order valence-electron chi connectivity index (χ4n) is 1.85. The van der Waals surface area contributed by atoms with E-state index in [0.29, 0.717) is 18.8 Å². The molecule has 0 aromatic heterocycles. The van der Waals surface area contributed by atoms with Gasteiger partial charge in [-0.3, -0.25) is 0 Å². The standard InChI is InChI=1S/C17H25NO4/c1-14(2)17(19)22-13-15-5-7-16(8-6-15)18(9-11-20-3)10-12-21-4/h5-8H,1,9-13H2,2-4H3. The minimum atomic E-state index is -0.370. The maximum absolute atomic E-state index is 11.4. The lowest BCUT2D eigenvalue weighted by molar-refractivity contribution is -0.140. The Bertz CT molecular complexity index is 462. The molecule has 0 unspecified atom stereocenters. The Labute approximate surface area is 132 Å². The van der Waals surface area contributed by atoms with Crippen LogP contribution >= 0.6 is 0 Å². The zero-order chi connectivity index (χ0) is 16.4. The molecule has 0 bridgehead atoms. The number of methoxy groups -OCH3 is 2. The zero-order valence-corrected chi connectivity index (χ0v) is 13.6. The molecule has 1 rings (SSSR count). The number of esters is 1. The molecule has 0 saturated heterocycles. The first-order valence-electron chi connectivity index (χ1n) is 7.23. The van der Waals surface area contributed by atoms with Crippen LogP contribution in [0.4, 0.5) is 5.69 Å². The molecule has 0 atom stereocenters. The van der Waals surface area contributed by atoms with Gasteiger partial charge < -0.3 is 19.1 Å². The van der Waals surface area contributed by atoms with Crippen molar-refractivity contribution < 1.29 is 19.0 Å². The molecule has 22 heavy (non-hydrogen) atoms. The number of rotatable bonds is 10. The molecule has 5 nitrogen and oxygen atoms in total. The second kappa shape index (κ2) is 9.97. The highest BCUT2D eigenvalue weighted by Crippen LogP contribution is 2.16. The van der Waals surface area contributed by atoms with Crippen LogP contribution in [0.25, 0.3) is 0 Å². The summed E-state index contributed by atoms with van der Waals surface area (Å²) in [5.41, 5.74) is 2.43. The molecular weight excluding hydrogens is 282 g/mol. The van der Waals surface area contributed by atoms with Gasteiger partial charge in [0.1, 0.15) is 6.61 Å². The highest BCUT2D eigenvalue weighted by molar-refractivity contribution is 5.86. The molecule has 0 fully saturated rings. The van der Waals surface area contributed by atoms with Crippen LogP contribution in [0, 0.1) is 0 Å². The number of nitrogens with zero attached hydrogens (tertiary/aromatic N) is 1. The lowest BCUT2D eigenvalue weighted by Crippen LogP contribution is -2.30. The average Bonchev–Trinajstić information content (AvgIpc) is 2.53. The number of benzene rings is 1. The van der Waals surface area contributed by atoms with Gasteiger partial charge >= 0.3 is 5.97 Å². The van der Waals surface area contributed by atoms with Crippen molar-refractivity contribution in [1.29, 1.82) is 0 Å². The van der Waals surface area contributed by atoms with Crippen LogP contribution in [-0.4, -0.2) is 46.5 Å². The van der Waals surface area contributed by atoms with E-state index in [2.05, 4.69) is 11.5 Å². The maximum atomic E-state index is 11.4. The van der Waals surface area contributed by atoms with E-state index in [0.717, 1.165) is 24.3 Å². The van der Waals surface area contributed by atoms with E-state index in [9.17, 15) is 4.79 Å². The average molecular weight is 307 g/mol. The Balaban J connectivity index is 2.63. The third kappa shape index (κ3) is 6.28. The Kier molecular flexibility index (Phi) is 8.25. The summed E-state index contributed by atoms with van der Waals surface area (Å²) in [6, 6.07) is 7.92. The van der Waals surface area contributed by atoms with Gasteiger partial charge in [0.05, 0.1) is 13.2 Å². The number of hydrogen-bond donors (Lipinski definition) is 0. The van der Waals surface area contributed by atoms with Gasteiger partial charge in [-0.05, 0) is 24.6 Å². The smallest absolute Gasteiger partial charge is 0.333 e. The van der Waals surface area contributed by atoms with E-state index in [1.165, 1.54) is 0 Å². The van der Waals surface area contributed by atoms with Gasteiger partial charge in [-0.1, -0.05) is 18.7 Å². The topological polar surface area (TPSA) is 48.0 Å². The quantitative estimate of drug-likeness (QED) is 0.491. The van der Waals surface area contributed by atoms with Gasteiger partial charge in [-0.15, -0.1) is 0 Å². The second-order valence-corrected chi connectivity index (χ2v) is 5.00. The number of carbonyl (C=O) groups excluding carboxylic acids is 1. The van der Waals surface area contributed by atoms with Crippen LogP contribution in [-0.2, 0) is 25.6 Å². The summed E-state index contributed by atoms with van der Waals surface area (Å²) < 4.78 is 15.4. The molecule has 0 spiro atoms. The fraction of sp³-hybridized carbons (Fsp3) is 0.471. The Hall–Kier alpha value is -1.85. The van der Waals surface area contributed by atoms with Crippen molar-refractivity contribution in [3.05, 3.63) is 42.0 Å². The molecule has 0 amide bonds. The molecule has 0 aliphatic rings. The molecular formula is C17H25NO4. The van der Waals surface area contributed by atoms with Crippen LogP contribution in [0.2, 0.25) is 0 Å². The lowest BCUT2D eigenvalue weighted by Gasteiger charge is -2.24. The first kappa shape index (κ1) is 18.2. The van der Waals surface area contributed by atoms with Crippen LogP contribution in [0.5, 0.6) is 0 Å². The predicted molar refractivity (Wildman–Crippen MR) is 87.0 cm³/mol. The second-order valence-electron chi connectivity index (χ2n) is 5.00. The molecule has 0 aliphatic carbocycles. The first-order chi connectivity index (χ1) is 10.6. The number of hydrogen-bond acceptors (Lipinski definition) is 5. The van der Waals surface area contributed by atoms with E-state index in [1.807, 2.05) is 24.3 Å². The molecule has 0 saturated carbocycles. The van der Waals surface area contributed by atoms with Crippen molar-refractivity contribution in [2.45, 2.75) is 13.5 Å². The Morgan fingerprint density at radius 3 is 2.09 bits per heavy atom. The van der Waals surface area contributed by atoms with Gasteiger partial charge in [-0.25, -0.2) is 4.79 Å². The highest BCUT2D eigenvalue weighted by atomic mass is 16.5. The molecule has 0 N–H and O–H groups in total. The van der Waals surface area contributed by atoms with Crippen molar-refractivity contribution in [2.24, 2.45) is 0 Å². The van der Waals surface area contributed by atoms with Crippen LogP contribution in [0.1, 0.15) is 12.5 Å². The van der Waals surface area contributed by atoms with Gasteiger partial charge in [0.25, 0.3) is 0 Å². The van der Waals surface area contributed by atoms with E-state index in [1.54, 1.807) is 21.1 Å². The van der Waals surface area contributed by atoms with Crippen LogP contribution in [0.15, 0.2) is 36.4 Å². The molecule has 122 valence electrons. The molecule has 1 aromatic carbocycles. The monoisotopic (exact) mass is 307 g/mol. The largest absolute Gasteiger partial charge is 0.457 e. The summed E-state index contributed by atoms with van der Waals surface area (Å²) in [4.78, 5) is 13.6. The van der Waals surface area contributed by atoms with Gasteiger partial charge in [0.2, 0.25) is 0 Å². The normalized spacial score (nSPS) is 10.3. The summed E-state index contributed by atoms with van der Waals surface area (Å²) >= 11 is 0. The lowest BCUT2D eigenvalue weighted by atomic mass is 10.2. The van der Waals surface area contributed by atoms with Gasteiger partial charge in [-0.2, -0.15) is 0 Å². The van der Waals surface area contributed by atoms with Crippen molar-refractivity contribution in [1.82, 2.24) is 0 Å². The molecule has 1 aromatic rings. The van der Waals surface area contributed by atoms with Crippen LogP contribution in [0.3, 0.4) is 0 Å². The summed E-state index contributed by atoms with van der Waals surface area (Å²) in [5.74, 6) is -0.370. The van der Waals surface area contributed by atoms with Crippen molar-refractivity contribution in [3.63, 3.8) is 0 Å². The SMILES string of the molecule is C=C(C)C(=O)OCc1ccc(N(CCOC)CCOC)cc1. The summed E-state index contributed by atoms with van der Waals surface area (Å²) in [6.07, 6.45) is 0. The minimum absolute atomic E-state index is 0.252. The predicted octanol–water partition coefficient (Wildman–Crippen LogP) is 2.41. The van der Waals surface area contributed by atoms with Crippen LogP contribution < -0.4 is 4.90 Å². The maximum Gasteiger partial charge on any atom is 0.333 e. The number of carbonyl (C=O) groups is 1. The summed E-state index contributed by atoms with van der Waals surface area (Å²) in [5, 5.41) is 0. The summed E-state index contributed by atoms with van der Waals surface area (Å²) in [6.45, 7) is 8.34. The highest BCUT2D eigenvalue weighted by Gasteiger charge is 2.07. The molecule has 5 heteroatoms. The van der Waals surface area contributed by atoms with Crippen molar-refractivity contribution >= 4 is 11.7 Å². The Morgan fingerprint density at radius 1 is 1.09 bits per heavy atom. The van der Waals surface area contributed by atoms with E-state index in [-0.39, 0.29) is 12.6 Å². The van der Waals surface area contributed by atoms with E-state index >= 15 is 0 Å². The van der Waals surface area contributed by atoms with Gasteiger partial charge in [0.15, 0.2) is 0 Å². The number of ether oxygens (including phenoxy) is 3. The minimum Gasteiger partial charge on any atom is -0.457 e. The first-order valence-corrected chi connectivity index (χ1v) is 7.23. The van der Waals surface area contributed by atoms with Crippen molar-refractivity contribution in [3.8, 4) is 0 Å². The van der Waals surface area contributed by atoms with E-state index < -0.39 is 0 Å². The fourth-order valence-corrected chi connectivity index (χ4v) is 1.85. The summed E-state index contributed by atoms with van der Waals surface area (Å²) in [7, 11) is 3.38. The molecule has 0 aliphatic heterocycles. The van der Waals surface area contributed by atoms with Gasteiger partial charge in [0, 0.05) is 38.6 Å². The third-order valence-electron chi connectivity index (χ3n) is 3.15. The Morgan fingerprint density at radius 2 is 1.64 bits per heavy atom. The number of anilines is 1. The van der Waals surface area contributed by atoms with Crippen molar-refractivity contribution in [2.75, 3.05) is 45.4 Å². The molecule has 0 radical (unpaired) electrons. The molecule has 0 heterocycles. The third-order valence-corrected chi connectivity index (χ3v) is 3.15.